The van der Waals surface area contributed by atoms with Gasteiger partial charge in [-0.3, -0.25) is 4.90 Å². The predicted molar refractivity (Wildman–Crippen MR) is 142 cm³/mol. The first-order chi connectivity index (χ1) is 15.9. The van der Waals surface area contributed by atoms with Crippen LogP contribution in [0.15, 0.2) is 42.5 Å². The first-order valence-electron chi connectivity index (χ1n) is 12.2. The Morgan fingerprint density at radius 2 is 1.70 bits per heavy atom. The second-order valence-electron chi connectivity index (χ2n) is 8.79. The molecule has 0 heterocycles. The second kappa shape index (κ2) is 13.6. The molecule has 0 unspecified atom stereocenters. The molecule has 5 nitrogen and oxygen atoms in total. The first kappa shape index (κ1) is 26.4. The fourth-order valence-corrected chi connectivity index (χ4v) is 4.00. The van der Waals surface area contributed by atoms with E-state index in [2.05, 4.69) is 73.9 Å². The highest BCUT2D eigenvalue weighted by atomic mass is 16.5. The topological polar surface area (TPSA) is 45.0 Å². The molecule has 2 rings (SSSR count). The van der Waals surface area contributed by atoms with Crippen LogP contribution in [0.25, 0.3) is 0 Å². The molecule has 0 saturated heterocycles. The Morgan fingerprint density at radius 1 is 0.970 bits per heavy atom. The molecule has 0 radical (unpaired) electrons. The molecule has 0 bridgehead atoms. The van der Waals surface area contributed by atoms with E-state index in [-0.39, 0.29) is 6.04 Å². The number of rotatable bonds is 14. The molecule has 0 saturated carbocycles. The Labute approximate surface area is 201 Å². The minimum atomic E-state index is 0.278. The summed E-state index contributed by atoms with van der Waals surface area (Å²) < 4.78 is 5.34. The van der Waals surface area contributed by atoms with Gasteiger partial charge in [-0.2, -0.15) is 0 Å². The molecule has 5 heteroatoms. The molecule has 2 aromatic rings. The highest BCUT2D eigenvalue weighted by Crippen LogP contribution is 2.32. The van der Waals surface area contributed by atoms with E-state index >= 15 is 0 Å². The van der Waals surface area contributed by atoms with Gasteiger partial charge in [-0.05, 0) is 81.7 Å². The first-order valence-corrected chi connectivity index (χ1v) is 12.2. The molecule has 0 aliphatic heterocycles. The summed E-state index contributed by atoms with van der Waals surface area (Å²) >= 11 is 0. The molecule has 0 atom stereocenters. The van der Waals surface area contributed by atoms with Crippen molar-refractivity contribution in [1.82, 2.24) is 9.80 Å². The van der Waals surface area contributed by atoms with Crippen molar-refractivity contribution in [2.75, 3.05) is 43.9 Å². The van der Waals surface area contributed by atoms with Crippen molar-refractivity contribution in [1.29, 1.82) is 0 Å². The number of methoxy groups -OCH3 is 1. The molecule has 0 aliphatic carbocycles. The number of nitrogens with two attached hydrogens (primary N) is 1. The highest BCUT2D eigenvalue weighted by molar-refractivity contribution is 5.75. The van der Waals surface area contributed by atoms with Gasteiger partial charge in [0.05, 0.1) is 18.5 Å². The number of nitrogens with zero attached hydrogens (tertiary/aromatic N) is 3. The molecular weight excluding hydrogens is 408 g/mol. The van der Waals surface area contributed by atoms with Crippen LogP contribution in [0, 0.1) is 12.5 Å². The molecular formula is C28H42N4O. The number of benzene rings is 2. The van der Waals surface area contributed by atoms with Crippen LogP contribution in [-0.2, 0) is 6.54 Å². The van der Waals surface area contributed by atoms with E-state index in [1.807, 2.05) is 17.0 Å². The lowest BCUT2D eigenvalue weighted by atomic mass is 10.1. The number of hydrogen-bond acceptors (Lipinski definition) is 5. The van der Waals surface area contributed by atoms with Gasteiger partial charge in [-0.1, -0.05) is 32.8 Å². The fraction of sp³-hybridized carbons (Fsp3) is 0.500. The number of unbranched alkanes of at least 4 members (excludes halogenated alkanes) is 1. The van der Waals surface area contributed by atoms with Crippen molar-refractivity contribution < 1.29 is 4.74 Å². The third-order valence-corrected chi connectivity index (χ3v) is 5.89. The highest BCUT2D eigenvalue weighted by Gasteiger charge is 2.16. The lowest BCUT2D eigenvalue weighted by Crippen LogP contribution is -2.34. The van der Waals surface area contributed by atoms with Crippen LogP contribution in [-0.4, -0.2) is 49.1 Å². The molecule has 0 amide bonds. The Kier molecular flexibility index (Phi) is 10.9. The van der Waals surface area contributed by atoms with Gasteiger partial charge in [0.25, 0.3) is 0 Å². The van der Waals surface area contributed by atoms with Gasteiger partial charge >= 0.3 is 0 Å². The van der Waals surface area contributed by atoms with Gasteiger partial charge in [0.1, 0.15) is 5.75 Å². The summed E-state index contributed by atoms with van der Waals surface area (Å²) in [5, 5.41) is 0. The van der Waals surface area contributed by atoms with Crippen molar-refractivity contribution in [2.45, 2.75) is 59.5 Å². The molecule has 2 aromatic carbocycles. The summed E-state index contributed by atoms with van der Waals surface area (Å²) in [5.74, 6) is 0.831. The number of terminal acetylenes is 1. The quantitative estimate of drug-likeness (QED) is 0.226. The van der Waals surface area contributed by atoms with E-state index in [9.17, 15) is 0 Å². The van der Waals surface area contributed by atoms with Crippen molar-refractivity contribution in [3.8, 4) is 18.2 Å². The number of hydrogen-bond donors (Lipinski definition) is 1. The minimum Gasteiger partial charge on any atom is -0.497 e. The zero-order valence-corrected chi connectivity index (χ0v) is 21.2. The molecule has 0 aromatic heterocycles. The van der Waals surface area contributed by atoms with Crippen molar-refractivity contribution in [3.05, 3.63) is 48.0 Å². The monoisotopic (exact) mass is 450 g/mol. The summed E-state index contributed by atoms with van der Waals surface area (Å²) in [7, 11) is 1.68. The van der Waals surface area contributed by atoms with E-state index in [1.165, 1.54) is 18.4 Å². The standard InChI is InChI=1S/C28H42N4O/c1-7-10-18-30(17-8-2)22-24-11-16-28(27(29)21-24)32(20-19-31(9-3)23(4)5)25-12-14-26(33-6)15-13-25/h3,11-16,21,23H,7-8,10,17-20,22,29H2,1-2,4-6H3. The third kappa shape index (κ3) is 7.91. The molecule has 2 N–H and O–H groups in total. The van der Waals surface area contributed by atoms with Gasteiger partial charge in [-0.25, -0.2) is 0 Å². The third-order valence-electron chi connectivity index (χ3n) is 5.89. The van der Waals surface area contributed by atoms with Crippen LogP contribution < -0.4 is 15.4 Å². The molecule has 33 heavy (non-hydrogen) atoms. The smallest absolute Gasteiger partial charge is 0.119 e. The predicted octanol–water partition coefficient (Wildman–Crippen LogP) is 5.73. The van der Waals surface area contributed by atoms with Gasteiger partial charge < -0.3 is 20.3 Å². The molecule has 0 fully saturated rings. The fourth-order valence-electron chi connectivity index (χ4n) is 4.00. The maximum Gasteiger partial charge on any atom is 0.119 e. The summed E-state index contributed by atoms with van der Waals surface area (Å²) in [6.45, 7) is 13.3. The summed E-state index contributed by atoms with van der Waals surface area (Å²) in [5.41, 5.74) is 10.7. The number of nitrogen functional groups attached to an aromatic ring is 1. The van der Waals surface area contributed by atoms with Crippen molar-refractivity contribution >= 4 is 17.1 Å². The Bertz CT molecular complexity index is 872. The lowest BCUT2D eigenvalue weighted by Gasteiger charge is -2.30. The van der Waals surface area contributed by atoms with E-state index in [4.69, 9.17) is 16.9 Å². The molecule has 0 spiro atoms. The van der Waals surface area contributed by atoms with E-state index in [0.717, 1.165) is 62.0 Å². The van der Waals surface area contributed by atoms with Crippen molar-refractivity contribution in [2.24, 2.45) is 0 Å². The van der Waals surface area contributed by atoms with Crippen molar-refractivity contribution in [3.63, 3.8) is 0 Å². The van der Waals surface area contributed by atoms with Gasteiger partial charge in [0, 0.05) is 37.4 Å². The van der Waals surface area contributed by atoms with E-state index in [0.29, 0.717) is 0 Å². The van der Waals surface area contributed by atoms with Crippen LogP contribution in [0.5, 0.6) is 5.75 Å². The normalized spacial score (nSPS) is 11.0. The Morgan fingerprint density at radius 3 is 2.24 bits per heavy atom. The van der Waals surface area contributed by atoms with Gasteiger partial charge in [-0.15, -0.1) is 0 Å². The minimum absolute atomic E-state index is 0.278. The van der Waals surface area contributed by atoms with Crippen LogP contribution in [0.4, 0.5) is 17.1 Å². The SMILES string of the molecule is C#CN(CCN(c1ccc(OC)cc1)c1ccc(CN(CCC)CCCC)cc1N)C(C)C. The van der Waals surface area contributed by atoms with Crippen LogP contribution in [0.2, 0.25) is 0 Å². The Hall–Kier alpha value is -2.84. The largest absolute Gasteiger partial charge is 0.497 e. The zero-order chi connectivity index (χ0) is 24.2. The lowest BCUT2D eigenvalue weighted by molar-refractivity contribution is 0.262. The summed E-state index contributed by atoms with van der Waals surface area (Å²) in [6.07, 6.45) is 9.33. The maximum absolute atomic E-state index is 6.63. The average Bonchev–Trinajstić information content (AvgIpc) is 2.81. The number of ether oxygens (including phenoxy) is 1. The Balaban J connectivity index is 2.30. The van der Waals surface area contributed by atoms with E-state index < -0.39 is 0 Å². The van der Waals surface area contributed by atoms with E-state index in [1.54, 1.807) is 7.11 Å². The average molecular weight is 451 g/mol. The number of anilines is 3. The second-order valence-corrected chi connectivity index (χ2v) is 8.79. The van der Waals surface area contributed by atoms with Crippen LogP contribution in [0.1, 0.15) is 52.5 Å². The maximum atomic E-state index is 6.63. The zero-order valence-electron chi connectivity index (χ0n) is 21.2. The van der Waals surface area contributed by atoms with Crippen LogP contribution in [0.3, 0.4) is 0 Å². The summed E-state index contributed by atoms with van der Waals surface area (Å²) in [4.78, 5) is 6.77. The molecule has 0 aliphatic rings. The van der Waals surface area contributed by atoms with Gasteiger partial charge in [0.2, 0.25) is 0 Å². The summed E-state index contributed by atoms with van der Waals surface area (Å²) in [6, 6.07) is 17.6. The van der Waals surface area contributed by atoms with Crippen LogP contribution >= 0.6 is 0 Å². The molecule has 180 valence electrons. The van der Waals surface area contributed by atoms with Gasteiger partial charge in [0.15, 0.2) is 0 Å².